The van der Waals surface area contributed by atoms with Gasteiger partial charge in [-0.05, 0) is 43.7 Å². The van der Waals surface area contributed by atoms with Gasteiger partial charge in [0.15, 0.2) is 5.82 Å². The summed E-state index contributed by atoms with van der Waals surface area (Å²) < 4.78 is 0. The second kappa shape index (κ2) is 6.00. The van der Waals surface area contributed by atoms with E-state index in [0.717, 1.165) is 44.5 Å². The molecule has 0 bridgehead atoms. The van der Waals surface area contributed by atoms with Crippen molar-refractivity contribution in [2.24, 2.45) is 0 Å². The number of rotatable bonds is 3. The Morgan fingerprint density at radius 1 is 1.29 bits per heavy atom. The van der Waals surface area contributed by atoms with Crippen LogP contribution >= 0.6 is 0 Å². The minimum Gasteiger partial charge on any atom is -0.341 e. The Labute approximate surface area is 141 Å². The van der Waals surface area contributed by atoms with Gasteiger partial charge in [0.2, 0.25) is 5.91 Å². The zero-order valence-corrected chi connectivity index (χ0v) is 14.0. The van der Waals surface area contributed by atoms with Gasteiger partial charge in [0.05, 0.1) is 5.41 Å². The largest absolute Gasteiger partial charge is 0.341 e. The number of carbonyl (C=O) groups excluding carboxylic acids is 1. The second-order valence-corrected chi connectivity index (χ2v) is 7.11. The van der Waals surface area contributed by atoms with Crippen LogP contribution in [-0.2, 0) is 10.2 Å². The van der Waals surface area contributed by atoms with E-state index in [1.807, 2.05) is 17.0 Å². The molecule has 4 rings (SSSR count). The van der Waals surface area contributed by atoms with Crippen LogP contribution in [0.2, 0.25) is 0 Å². The molecule has 1 aliphatic carbocycles. The average molecular weight is 325 g/mol. The second-order valence-electron chi connectivity index (χ2n) is 7.11. The number of aromatic amines is 1. The van der Waals surface area contributed by atoms with Gasteiger partial charge in [-0.1, -0.05) is 35.9 Å². The van der Waals surface area contributed by atoms with E-state index in [9.17, 15) is 4.79 Å². The summed E-state index contributed by atoms with van der Waals surface area (Å²) in [6, 6.07) is 8.34. The zero-order valence-electron chi connectivity index (χ0n) is 14.0. The Bertz CT molecular complexity index is 723. The molecule has 6 heteroatoms. The first-order valence-corrected chi connectivity index (χ1v) is 8.79. The molecule has 2 heterocycles. The van der Waals surface area contributed by atoms with Gasteiger partial charge in [-0.15, -0.1) is 10.2 Å². The Hall–Kier alpha value is -2.24. The maximum absolute atomic E-state index is 13.4. The minimum atomic E-state index is -0.315. The number of H-pyrrole nitrogens is 1. The summed E-state index contributed by atoms with van der Waals surface area (Å²) in [6.07, 6.45) is 5.05. The number of amides is 1. The molecule has 1 aromatic heterocycles. The molecule has 1 unspecified atom stereocenters. The summed E-state index contributed by atoms with van der Waals surface area (Å²) in [5.74, 6) is 1.21. The summed E-state index contributed by atoms with van der Waals surface area (Å²) >= 11 is 0. The normalized spacial score (nSPS) is 22.9. The van der Waals surface area contributed by atoms with E-state index in [-0.39, 0.29) is 17.2 Å². The van der Waals surface area contributed by atoms with Crippen molar-refractivity contribution in [3.05, 3.63) is 41.2 Å². The lowest BCUT2D eigenvalue weighted by Gasteiger charge is -2.46. The molecule has 2 fully saturated rings. The third-order valence-corrected chi connectivity index (χ3v) is 5.71. The van der Waals surface area contributed by atoms with Gasteiger partial charge in [0, 0.05) is 19.0 Å². The van der Waals surface area contributed by atoms with Crippen LogP contribution in [0, 0.1) is 6.92 Å². The quantitative estimate of drug-likeness (QED) is 0.940. The Morgan fingerprint density at radius 2 is 2.12 bits per heavy atom. The number of aromatic nitrogens is 4. The fourth-order valence-corrected chi connectivity index (χ4v) is 4.26. The third kappa shape index (κ3) is 2.41. The molecule has 1 amide bonds. The first-order valence-electron chi connectivity index (χ1n) is 8.79. The molecule has 6 nitrogen and oxygen atoms in total. The summed E-state index contributed by atoms with van der Waals surface area (Å²) in [5, 5.41) is 14.4. The van der Waals surface area contributed by atoms with Gasteiger partial charge in [-0.3, -0.25) is 4.79 Å². The minimum absolute atomic E-state index is 0.190. The lowest BCUT2D eigenvalue weighted by atomic mass is 9.62. The zero-order chi connectivity index (χ0) is 16.6. The van der Waals surface area contributed by atoms with Crippen LogP contribution in [0.15, 0.2) is 24.3 Å². The summed E-state index contributed by atoms with van der Waals surface area (Å²) in [6.45, 7) is 3.65. The van der Waals surface area contributed by atoms with Crippen LogP contribution in [0.25, 0.3) is 0 Å². The highest BCUT2D eigenvalue weighted by molar-refractivity contribution is 5.90. The van der Waals surface area contributed by atoms with Gasteiger partial charge in [-0.25, -0.2) is 0 Å². The standard InChI is InChI=1S/C18H23N5O/c1-13-6-2-3-8-15(13)18(9-5-10-18)17(24)23-11-4-7-14(12-23)16-19-21-22-20-16/h2-3,6,8,14H,4-5,7,9-12H2,1H3,(H,19,20,21,22). The molecule has 2 aliphatic rings. The van der Waals surface area contributed by atoms with Crippen LogP contribution < -0.4 is 0 Å². The van der Waals surface area contributed by atoms with Gasteiger partial charge in [0.25, 0.3) is 0 Å². The number of nitrogens with one attached hydrogen (secondary N) is 1. The van der Waals surface area contributed by atoms with Crippen molar-refractivity contribution in [3.8, 4) is 0 Å². The van der Waals surface area contributed by atoms with E-state index < -0.39 is 0 Å². The highest BCUT2D eigenvalue weighted by Crippen LogP contribution is 2.47. The fraction of sp³-hybridized carbons (Fsp3) is 0.556. The number of tetrazole rings is 1. The molecule has 1 aromatic carbocycles. The van der Waals surface area contributed by atoms with E-state index in [1.165, 1.54) is 11.1 Å². The van der Waals surface area contributed by atoms with Crippen molar-refractivity contribution in [1.82, 2.24) is 25.5 Å². The highest BCUT2D eigenvalue weighted by atomic mass is 16.2. The Morgan fingerprint density at radius 3 is 2.79 bits per heavy atom. The van der Waals surface area contributed by atoms with Crippen molar-refractivity contribution >= 4 is 5.91 Å². The molecular weight excluding hydrogens is 302 g/mol. The number of benzene rings is 1. The highest BCUT2D eigenvalue weighted by Gasteiger charge is 2.49. The Kier molecular flexibility index (Phi) is 3.82. The predicted octanol–water partition coefficient (Wildman–Crippen LogP) is 2.34. The Balaban J connectivity index is 1.59. The van der Waals surface area contributed by atoms with Crippen LogP contribution in [-0.4, -0.2) is 44.5 Å². The smallest absolute Gasteiger partial charge is 0.233 e. The molecule has 0 spiro atoms. The van der Waals surface area contributed by atoms with Crippen LogP contribution in [0.1, 0.15) is 55.0 Å². The van der Waals surface area contributed by atoms with E-state index in [4.69, 9.17) is 0 Å². The van der Waals surface area contributed by atoms with Crippen LogP contribution in [0.5, 0.6) is 0 Å². The van der Waals surface area contributed by atoms with Crippen molar-refractivity contribution in [2.45, 2.75) is 50.4 Å². The van der Waals surface area contributed by atoms with Gasteiger partial charge in [-0.2, -0.15) is 5.21 Å². The first-order chi connectivity index (χ1) is 11.7. The summed E-state index contributed by atoms with van der Waals surface area (Å²) in [7, 11) is 0. The molecule has 24 heavy (non-hydrogen) atoms. The number of hydrogen-bond acceptors (Lipinski definition) is 4. The van der Waals surface area contributed by atoms with Crippen molar-refractivity contribution < 1.29 is 4.79 Å². The molecule has 1 saturated heterocycles. The molecule has 126 valence electrons. The monoisotopic (exact) mass is 325 g/mol. The van der Waals surface area contributed by atoms with E-state index in [0.29, 0.717) is 6.54 Å². The van der Waals surface area contributed by atoms with Crippen molar-refractivity contribution in [1.29, 1.82) is 0 Å². The van der Waals surface area contributed by atoms with E-state index >= 15 is 0 Å². The molecule has 2 aromatic rings. The topological polar surface area (TPSA) is 74.8 Å². The third-order valence-electron chi connectivity index (χ3n) is 5.71. The van der Waals surface area contributed by atoms with Crippen molar-refractivity contribution in [2.75, 3.05) is 13.1 Å². The molecular formula is C18H23N5O. The molecule has 1 N–H and O–H groups in total. The average Bonchev–Trinajstić information content (AvgIpc) is 3.10. The maximum atomic E-state index is 13.4. The van der Waals surface area contributed by atoms with Crippen molar-refractivity contribution in [3.63, 3.8) is 0 Å². The fourth-order valence-electron chi connectivity index (χ4n) is 4.26. The maximum Gasteiger partial charge on any atom is 0.233 e. The van der Waals surface area contributed by atoms with Crippen LogP contribution in [0.3, 0.4) is 0 Å². The molecule has 1 aliphatic heterocycles. The van der Waals surface area contributed by atoms with Gasteiger partial charge in [0.1, 0.15) is 0 Å². The molecule has 1 saturated carbocycles. The number of likely N-dealkylation sites (tertiary alicyclic amines) is 1. The van der Waals surface area contributed by atoms with E-state index in [2.05, 4.69) is 39.7 Å². The SMILES string of the molecule is Cc1ccccc1C1(C(=O)N2CCCC(c3nn[nH]n3)C2)CCC1. The number of aryl methyl sites for hydroxylation is 1. The first kappa shape index (κ1) is 15.3. The van der Waals surface area contributed by atoms with Gasteiger partial charge >= 0.3 is 0 Å². The van der Waals surface area contributed by atoms with Gasteiger partial charge < -0.3 is 4.90 Å². The van der Waals surface area contributed by atoms with Crippen LogP contribution in [0.4, 0.5) is 0 Å². The molecule has 1 atom stereocenters. The number of piperidine rings is 1. The lowest BCUT2D eigenvalue weighted by molar-refractivity contribution is -0.142. The molecule has 0 radical (unpaired) electrons. The number of hydrogen-bond donors (Lipinski definition) is 1. The summed E-state index contributed by atoms with van der Waals surface area (Å²) in [5.41, 5.74) is 2.12. The predicted molar refractivity (Wildman–Crippen MR) is 89.4 cm³/mol. The number of nitrogens with zero attached hydrogens (tertiary/aromatic N) is 4. The lowest BCUT2D eigenvalue weighted by Crippen LogP contribution is -2.53. The summed E-state index contributed by atoms with van der Waals surface area (Å²) in [4.78, 5) is 15.5. The van der Waals surface area contributed by atoms with E-state index in [1.54, 1.807) is 0 Å². The number of carbonyl (C=O) groups is 1.